The van der Waals surface area contributed by atoms with Gasteiger partial charge in [0.25, 0.3) is 0 Å². The van der Waals surface area contributed by atoms with Crippen LogP contribution in [-0.4, -0.2) is 32.0 Å². The molecule has 0 bridgehead atoms. The summed E-state index contributed by atoms with van der Waals surface area (Å²) in [7, 11) is 1.38. The summed E-state index contributed by atoms with van der Waals surface area (Å²) in [5.74, 6) is 0. The summed E-state index contributed by atoms with van der Waals surface area (Å²) < 4.78 is 10.1. The van der Waals surface area contributed by atoms with Crippen LogP contribution in [0.25, 0.3) is 0 Å². The fourth-order valence-corrected chi connectivity index (χ4v) is 1.89. The van der Waals surface area contributed by atoms with Crippen molar-refractivity contribution in [2.75, 3.05) is 13.7 Å². The molecule has 0 radical (unpaired) electrons. The van der Waals surface area contributed by atoms with E-state index >= 15 is 0 Å². The van der Waals surface area contributed by atoms with Crippen molar-refractivity contribution in [1.82, 2.24) is 5.32 Å². The minimum atomic E-state index is -0.360. The standard InChI is InChI=1S/C10H19NO3/c1-3-14-9-7-5-4-6-8(9)11-10(12)13-2/h8-9H,3-7H2,1-2H3,(H,11,12)/t8-,9-/m1/s1. The Balaban J connectivity index is 2.41. The van der Waals surface area contributed by atoms with Crippen LogP contribution < -0.4 is 5.32 Å². The first-order valence-corrected chi connectivity index (χ1v) is 5.24. The lowest BCUT2D eigenvalue weighted by molar-refractivity contribution is 0.0123. The fraction of sp³-hybridized carbons (Fsp3) is 0.900. The monoisotopic (exact) mass is 201 g/mol. The molecule has 1 amide bonds. The second-order valence-corrected chi connectivity index (χ2v) is 3.52. The Kier molecular flexibility index (Phi) is 4.73. The molecule has 0 aromatic carbocycles. The molecule has 0 aromatic heterocycles. The van der Waals surface area contributed by atoms with E-state index in [1.807, 2.05) is 6.92 Å². The van der Waals surface area contributed by atoms with Gasteiger partial charge in [-0.2, -0.15) is 0 Å². The van der Waals surface area contributed by atoms with Crippen molar-refractivity contribution in [3.8, 4) is 0 Å². The number of alkyl carbamates (subject to hydrolysis) is 1. The molecule has 0 heterocycles. The molecule has 1 aliphatic rings. The van der Waals surface area contributed by atoms with Crippen LogP contribution in [0.5, 0.6) is 0 Å². The smallest absolute Gasteiger partial charge is 0.407 e. The lowest BCUT2D eigenvalue weighted by atomic mass is 9.92. The molecule has 0 aromatic rings. The molecule has 1 N–H and O–H groups in total. The maximum atomic E-state index is 11.0. The van der Waals surface area contributed by atoms with Gasteiger partial charge in [-0.3, -0.25) is 0 Å². The van der Waals surface area contributed by atoms with Crippen molar-refractivity contribution in [3.05, 3.63) is 0 Å². The minimum Gasteiger partial charge on any atom is -0.453 e. The SMILES string of the molecule is CCO[C@@H]1CCCC[C@H]1NC(=O)OC. The van der Waals surface area contributed by atoms with Crippen LogP contribution in [0, 0.1) is 0 Å². The van der Waals surface area contributed by atoms with Gasteiger partial charge in [-0.15, -0.1) is 0 Å². The lowest BCUT2D eigenvalue weighted by Gasteiger charge is -2.31. The maximum Gasteiger partial charge on any atom is 0.407 e. The van der Waals surface area contributed by atoms with Crippen LogP contribution in [0.15, 0.2) is 0 Å². The van der Waals surface area contributed by atoms with Crippen LogP contribution in [-0.2, 0) is 9.47 Å². The topological polar surface area (TPSA) is 47.6 Å². The predicted molar refractivity (Wildman–Crippen MR) is 53.2 cm³/mol. The van der Waals surface area contributed by atoms with Gasteiger partial charge in [0.05, 0.1) is 19.3 Å². The molecule has 1 aliphatic carbocycles. The van der Waals surface area contributed by atoms with Gasteiger partial charge in [-0.25, -0.2) is 4.79 Å². The lowest BCUT2D eigenvalue weighted by Crippen LogP contribution is -2.46. The van der Waals surface area contributed by atoms with Crippen molar-refractivity contribution in [3.63, 3.8) is 0 Å². The Bertz CT molecular complexity index is 182. The Labute approximate surface area is 85.0 Å². The average Bonchev–Trinajstić information content (AvgIpc) is 2.21. The van der Waals surface area contributed by atoms with Crippen LogP contribution in [0.1, 0.15) is 32.6 Å². The number of carbonyl (C=O) groups excluding carboxylic acids is 1. The molecule has 82 valence electrons. The van der Waals surface area contributed by atoms with E-state index in [0.717, 1.165) is 19.3 Å². The Morgan fingerprint density at radius 1 is 1.43 bits per heavy atom. The van der Waals surface area contributed by atoms with Gasteiger partial charge < -0.3 is 14.8 Å². The van der Waals surface area contributed by atoms with E-state index in [9.17, 15) is 4.79 Å². The van der Waals surface area contributed by atoms with E-state index in [0.29, 0.717) is 6.61 Å². The second kappa shape index (κ2) is 5.86. The van der Waals surface area contributed by atoms with Crippen molar-refractivity contribution >= 4 is 6.09 Å². The Morgan fingerprint density at radius 2 is 2.14 bits per heavy atom. The number of ether oxygens (including phenoxy) is 2. The highest BCUT2D eigenvalue weighted by Crippen LogP contribution is 2.21. The largest absolute Gasteiger partial charge is 0.453 e. The summed E-state index contributed by atoms with van der Waals surface area (Å²) in [5.41, 5.74) is 0. The van der Waals surface area contributed by atoms with Gasteiger partial charge in [-0.05, 0) is 19.8 Å². The zero-order chi connectivity index (χ0) is 10.4. The maximum absolute atomic E-state index is 11.0. The molecule has 0 saturated heterocycles. The van der Waals surface area contributed by atoms with E-state index in [2.05, 4.69) is 10.1 Å². The van der Waals surface area contributed by atoms with Crippen molar-refractivity contribution < 1.29 is 14.3 Å². The summed E-state index contributed by atoms with van der Waals surface area (Å²) in [4.78, 5) is 11.0. The van der Waals surface area contributed by atoms with E-state index in [1.54, 1.807) is 0 Å². The summed E-state index contributed by atoms with van der Waals surface area (Å²) in [6.45, 7) is 2.67. The van der Waals surface area contributed by atoms with Gasteiger partial charge in [0.15, 0.2) is 0 Å². The van der Waals surface area contributed by atoms with Crippen LogP contribution in [0.3, 0.4) is 0 Å². The van der Waals surface area contributed by atoms with E-state index in [4.69, 9.17) is 4.74 Å². The van der Waals surface area contributed by atoms with Gasteiger partial charge in [0.1, 0.15) is 0 Å². The summed E-state index contributed by atoms with van der Waals surface area (Å²) in [5, 5.41) is 2.82. The molecule has 1 saturated carbocycles. The third kappa shape index (κ3) is 3.18. The zero-order valence-electron chi connectivity index (χ0n) is 8.91. The molecule has 0 unspecified atom stereocenters. The number of hydrogen-bond donors (Lipinski definition) is 1. The molecular weight excluding hydrogens is 182 g/mol. The van der Waals surface area contributed by atoms with E-state index < -0.39 is 0 Å². The number of nitrogens with one attached hydrogen (secondary N) is 1. The number of carbonyl (C=O) groups is 1. The number of amides is 1. The van der Waals surface area contributed by atoms with Crippen molar-refractivity contribution in [2.45, 2.75) is 44.8 Å². The van der Waals surface area contributed by atoms with Crippen LogP contribution in [0.2, 0.25) is 0 Å². The molecular formula is C10H19NO3. The van der Waals surface area contributed by atoms with Gasteiger partial charge in [0.2, 0.25) is 0 Å². The number of hydrogen-bond acceptors (Lipinski definition) is 3. The number of methoxy groups -OCH3 is 1. The highest BCUT2D eigenvalue weighted by Gasteiger charge is 2.26. The first-order valence-electron chi connectivity index (χ1n) is 5.24. The fourth-order valence-electron chi connectivity index (χ4n) is 1.89. The Hall–Kier alpha value is -0.770. The molecule has 1 rings (SSSR count). The molecule has 1 fully saturated rings. The minimum absolute atomic E-state index is 0.121. The molecule has 14 heavy (non-hydrogen) atoms. The highest BCUT2D eigenvalue weighted by molar-refractivity contribution is 5.67. The summed E-state index contributed by atoms with van der Waals surface area (Å²) >= 11 is 0. The van der Waals surface area contributed by atoms with Crippen LogP contribution >= 0.6 is 0 Å². The third-order valence-corrected chi connectivity index (χ3v) is 2.57. The molecule has 4 heteroatoms. The van der Waals surface area contributed by atoms with Gasteiger partial charge >= 0.3 is 6.09 Å². The zero-order valence-corrected chi connectivity index (χ0v) is 8.91. The normalized spacial score (nSPS) is 27.0. The summed E-state index contributed by atoms with van der Waals surface area (Å²) in [6.07, 6.45) is 4.15. The quantitative estimate of drug-likeness (QED) is 0.755. The van der Waals surface area contributed by atoms with E-state index in [1.165, 1.54) is 13.5 Å². The molecule has 0 aliphatic heterocycles. The molecule has 0 spiro atoms. The second-order valence-electron chi connectivity index (χ2n) is 3.52. The van der Waals surface area contributed by atoms with E-state index in [-0.39, 0.29) is 18.2 Å². The highest BCUT2D eigenvalue weighted by atomic mass is 16.5. The van der Waals surface area contributed by atoms with Crippen molar-refractivity contribution in [2.24, 2.45) is 0 Å². The predicted octanol–water partition coefficient (Wildman–Crippen LogP) is 1.69. The number of rotatable bonds is 3. The molecule has 4 nitrogen and oxygen atoms in total. The van der Waals surface area contributed by atoms with Gasteiger partial charge in [-0.1, -0.05) is 12.8 Å². The Morgan fingerprint density at radius 3 is 2.79 bits per heavy atom. The molecule has 2 atom stereocenters. The summed E-state index contributed by atoms with van der Waals surface area (Å²) in [6, 6.07) is 0.121. The third-order valence-electron chi connectivity index (χ3n) is 2.57. The van der Waals surface area contributed by atoms with Crippen molar-refractivity contribution in [1.29, 1.82) is 0 Å². The first kappa shape index (κ1) is 11.3. The average molecular weight is 201 g/mol. The van der Waals surface area contributed by atoms with Gasteiger partial charge in [0, 0.05) is 6.61 Å². The van der Waals surface area contributed by atoms with Crippen LogP contribution in [0.4, 0.5) is 4.79 Å². The first-order chi connectivity index (χ1) is 6.77.